The standard InChI is InChI=1S/C22H28ClN3O3S2/c1-3-26(4-2)31(28,29)20-9-5-18(6-10-20)7-12-22(27)25-15-13-24(14-16-25)17-19-8-11-21(23)30-19/h5-12H,3-4,13-17H2,1-2H3/b12-7+. The number of sulfonamides is 1. The smallest absolute Gasteiger partial charge is 0.246 e. The van der Waals surface area contributed by atoms with Crippen molar-refractivity contribution in [3.05, 3.63) is 57.3 Å². The summed E-state index contributed by atoms with van der Waals surface area (Å²) in [6, 6.07) is 10.6. The van der Waals surface area contributed by atoms with Gasteiger partial charge in [0, 0.05) is 56.8 Å². The molecule has 0 aliphatic carbocycles. The first-order valence-electron chi connectivity index (χ1n) is 10.4. The van der Waals surface area contributed by atoms with Crippen LogP contribution in [-0.2, 0) is 21.4 Å². The molecular formula is C22H28ClN3O3S2. The second-order valence-corrected chi connectivity index (χ2v) is 11.0. The van der Waals surface area contributed by atoms with Gasteiger partial charge < -0.3 is 4.90 Å². The van der Waals surface area contributed by atoms with E-state index in [9.17, 15) is 13.2 Å². The van der Waals surface area contributed by atoms with Crippen molar-refractivity contribution in [2.45, 2.75) is 25.3 Å². The number of amides is 1. The quantitative estimate of drug-likeness (QED) is 0.538. The molecule has 1 aromatic carbocycles. The average molecular weight is 482 g/mol. The summed E-state index contributed by atoms with van der Waals surface area (Å²) in [5, 5.41) is 0. The first-order chi connectivity index (χ1) is 14.8. The highest BCUT2D eigenvalue weighted by Gasteiger charge is 2.22. The zero-order chi connectivity index (χ0) is 22.4. The van der Waals surface area contributed by atoms with E-state index < -0.39 is 10.0 Å². The Morgan fingerprint density at radius 1 is 1.06 bits per heavy atom. The van der Waals surface area contributed by atoms with Gasteiger partial charge in [0.15, 0.2) is 0 Å². The second-order valence-electron chi connectivity index (χ2n) is 7.30. The van der Waals surface area contributed by atoms with Crippen LogP contribution < -0.4 is 0 Å². The molecule has 3 rings (SSSR count). The Morgan fingerprint density at radius 2 is 1.71 bits per heavy atom. The zero-order valence-electron chi connectivity index (χ0n) is 17.8. The zero-order valence-corrected chi connectivity index (χ0v) is 20.2. The molecule has 1 aliphatic rings. The van der Waals surface area contributed by atoms with Crippen LogP contribution in [0.3, 0.4) is 0 Å². The van der Waals surface area contributed by atoms with E-state index in [0.29, 0.717) is 26.2 Å². The van der Waals surface area contributed by atoms with E-state index in [1.165, 1.54) is 9.18 Å². The Morgan fingerprint density at radius 3 is 2.26 bits per heavy atom. The van der Waals surface area contributed by atoms with Gasteiger partial charge in [0.1, 0.15) is 0 Å². The van der Waals surface area contributed by atoms with Crippen LogP contribution >= 0.6 is 22.9 Å². The van der Waals surface area contributed by atoms with Crippen molar-refractivity contribution < 1.29 is 13.2 Å². The minimum absolute atomic E-state index is 0.0290. The van der Waals surface area contributed by atoms with Gasteiger partial charge in [-0.3, -0.25) is 9.69 Å². The summed E-state index contributed by atoms with van der Waals surface area (Å²) in [7, 11) is -3.47. The monoisotopic (exact) mass is 481 g/mol. The number of benzene rings is 1. The summed E-state index contributed by atoms with van der Waals surface area (Å²) < 4.78 is 27.3. The number of hydrogen-bond donors (Lipinski definition) is 0. The largest absolute Gasteiger partial charge is 0.337 e. The maximum atomic E-state index is 12.6. The molecule has 0 N–H and O–H groups in total. The molecule has 1 aliphatic heterocycles. The molecule has 0 atom stereocenters. The van der Waals surface area contributed by atoms with Crippen LogP contribution in [0.5, 0.6) is 0 Å². The fraction of sp³-hybridized carbons (Fsp3) is 0.409. The van der Waals surface area contributed by atoms with E-state index in [-0.39, 0.29) is 10.8 Å². The number of thiophene rings is 1. The molecule has 6 nitrogen and oxygen atoms in total. The van der Waals surface area contributed by atoms with Crippen LogP contribution in [0.2, 0.25) is 4.34 Å². The Balaban J connectivity index is 1.53. The molecule has 2 heterocycles. The molecule has 0 saturated carbocycles. The predicted molar refractivity (Wildman–Crippen MR) is 127 cm³/mol. The molecule has 1 fully saturated rings. The first-order valence-corrected chi connectivity index (χ1v) is 13.0. The van der Waals surface area contributed by atoms with Crippen LogP contribution in [0, 0.1) is 0 Å². The van der Waals surface area contributed by atoms with Gasteiger partial charge in [0.05, 0.1) is 9.23 Å². The molecule has 1 aromatic heterocycles. The lowest BCUT2D eigenvalue weighted by Crippen LogP contribution is -2.47. The molecule has 0 bridgehead atoms. The number of carbonyl (C=O) groups excluding carboxylic acids is 1. The van der Waals surface area contributed by atoms with Gasteiger partial charge in [0.25, 0.3) is 0 Å². The van der Waals surface area contributed by atoms with Crippen molar-refractivity contribution in [3.63, 3.8) is 0 Å². The fourth-order valence-electron chi connectivity index (χ4n) is 3.52. The van der Waals surface area contributed by atoms with Gasteiger partial charge in [0.2, 0.25) is 15.9 Å². The maximum absolute atomic E-state index is 12.6. The lowest BCUT2D eigenvalue weighted by molar-refractivity contribution is -0.127. The molecule has 1 saturated heterocycles. The summed E-state index contributed by atoms with van der Waals surface area (Å²) in [5.74, 6) is -0.0290. The van der Waals surface area contributed by atoms with Gasteiger partial charge in [-0.2, -0.15) is 4.31 Å². The molecule has 0 radical (unpaired) electrons. The third kappa shape index (κ3) is 6.17. The third-order valence-electron chi connectivity index (χ3n) is 5.33. The maximum Gasteiger partial charge on any atom is 0.246 e. The number of carbonyl (C=O) groups is 1. The van der Waals surface area contributed by atoms with Crippen LogP contribution in [0.15, 0.2) is 47.4 Å². The van der Waals surface area contributed by atoms with Crippen molar-refractivity contribution in [3.8, 4) is 0 Å². The Kier molecular flexibility index (Phi) is 8.30. The number of rotatable bonds is 8. The highest BCUT2D eigenvalue weighted by Crippen LogP contribution is 2.23. The summed E-state index contributed by atoms with van der Waals surface area (Å²) in [6.45, 7) is 8.39. The summed E-state index contributed by atoms with van der Waals surface area (Å²) >= 11 is 7.59. The van der Waals surface area contributed by atoms with E-state index in [1.54, 1.807) is 47.8 Å². The molecule has 168 valence electrons. The number of piperazine rings is 1. The second kappa shape index (κ2) is 10.7. The average Bonchev–Trinajstić information content (AvgIpc) is 3.18. The molecule has 9 heteroatoms. The summed E-state index contributed by atoms with van der Waals surface area (Å²) in [5.41, 5.74) is 0.792. The summed E-state index contributed by atoms with van der Waals surface area (Å²) in [4.78, 5) is 18.2. The molecule has 0 spiro atoms. The normalized spacial score (nSPS) is 15.8. The minimum Gasteiger partial charge on any atom is -0.337 e. The SMILES string of the molecule is CCN(CC)S(=O)(=O)c1ccc(/C=C/C(=O)N2CCN(Cc3ccc(Cl)s3)CC2)cc1. The first kappa shape index (κ1) is 23.9. The molecule has 1 amide bonds. The fourth-order valence-corrected chi connectivity index (χ4v) is 6.11. The topological polar surface area (TPSA) is 60.9 Å². The Labute approximate surface area is 193 Å². The molecule has 0 unspecified atom stereocenters. The Hall–Kier alpha value is -1.71. The van der Waals surface area contributed by atoms with Gasteiger partial charge in [-0.05, 0) is 35.9 Å². The van der Waals surface area contributed by atoms with Crippen LogP contribution in [0.25, 0.3) is 6.08 Å². The third-order valence-corrected chi connectivity index (χ3v) is 8.61. The molecular weight excluding hydrogens is 454 g/mol. The van der Waals surface area contributed by atoms with Gasteiger partial charge in [-0.25, -0.2) is 8.42 Å². The van der Waals surface area contributed by atoms with Crippen molar-refractivity contribution >= 4 is 44.9 Å². The number of halogens is 1. The van der Waals surface area contributed by atoms with Crippen molar-refractivity contribution in [1.29, 1.82) is 0 Å². The lowest BCUT2D eigenvalue weighted by atomic mass is 10.2. The lowest BCUT2D eigenvalue weighted by Gasteiger charge is -2.33. The van der Waals surface area contributed by atoms with Crippen molar-refractivity contribution in [2.24, 2.45) is 0 Å². The van der Waals surface area contributed by atoms with Gasteiger partial charge in [-0.1, -0.05) is 37.6 Å². The van der Waals surface area contributed by atoms with E-state index in [0.717, 1.165) is 29.5 Å². The van der Waals surface area contributed by atoms with Gasteiger partial charge >= 0.3 is 0 Å². The van der Waals surface area contributed by atoms with Crippen molar-refractivity contribution in [1.82, 2.24) is 14.1 Å². The molecule has 31 heavy (non-hydrogen) atoms. The van der Waals surface area contributed by atoms with Crippen molar-refractivity contribution in [2.75, 3.05) is 39.3 Å². The predicted octanol–water partition coefficient (Wildman–Crippen LogP) is 3.79. The van der Waals surface area contributed by atoms with E-state index >= 15 is 0 Å². The van der Waals surface area contributed by atoms with Crippen LogP contribution in [-0.4, -0.2) is 67.7 Å². The van der Waals surface area contributed by atoms with Crippen LogP contribution in [0.4, 0.5) is 0 Å². The Bertz CT molecular complexity index is 1010. The highest BCUT2D eigenvalue weighted by molar-refractivity contribution is 7.89. The minimum atomic E-state index is -3.47. The highest BCUT2D eigenvalue weighted by atomic mass is 35.5. The number of hydrogen-bond acceptors (Lipinski definition) is 5. The van der Waals surface area contributed by atoms with E-state index in [4.69, 9.17) is 11.6 Å². The molecule has 2 aromatic rings. The van der Waals surface area contributed by atoms with E-state index in [2.05, 4.69) is 4.90 Å². The summed E-state index contributed by atoms with van der Waals surface area (Å²) in [6.07, 6.45) is 3.29. The number of nitrogens with zero attached hydrogens (tertiary/aromatic N) is 3. The van der Waals surface area contributed by atoms with Crippen LogP contribution in [0.1, 0.15) is 24.3 Å². The van der Waals surface area contributed by atoms with E-state index in [1.807, 2.05) is 30.9 Å². The van der Waals surface area contributed by atoms with Gasteiger partial charge in [-0.15, -0.1) is 11.3 Å².